The van der Waals surface area contributed by atoms with Crippen molar-refractivity contribution in [3.63, 3.8) is 0 Å². The highest BCUT2D eigenvalue weighted by molar-refractivity contribution is 9.09. The summed E-state index contributed by atoms with van der Waals surface area (Å²) in [6, 6.07) is 6.85. The highest BCUT2D eigenvalue weighted by atomic mass is 79.9. The summed E-state index contributed by atoms with van der Waals surface area (Å²) in [7, 11) is 0. The molecular formula is C12H11BrFNS. The molecule has 0 spiro atoms. The molecule has 2 rings (SSSR count). The predicted molar refractivity (Wildman–Crippen MR) is 68.6 cm³/mol. The molecule has 16 heavy (non-hydrogen) atoms. The molecule has 4 heteroatoms. The lowest BCUT2D eigenvalue weighted by atomic mass is 10.1. The van der Waals surface area contributed by atoms with Gasteiger partial charge in [-0.15, -0.1) is 11.3 Å². The molecule has 1 aromatic heterocycles. The Morgan fingerprint density at radius 2 is 2.19 bits per heavy atom. The van der Waals surface area contributed by atoms with Crippen LogP contribution < -0.4 is 0 Å². The van der Waals surface area contributed by atoms with E-state index in [4.69, 9.17) is 0 Å². The standard InChI is InChI=1S/C12H11BrFNS/c1-8-15-12(7-16-8)10(13)6-9-4-2-3-5-11(9)14/h2-5,7,10H,6H2,1H3. The van der Waals surface area contributed by atoms with Gasteiger partial charge in [0.25, 0.3) is 0 Å². The summed E-state index contributed by atoms with van der Waals surface area (Å²) >= 11 is 5.16. The van der Waals surface area contributed by atoms with E-state index in [1.54, 1.807) is 17.4 Å². The molecule has 1 aromatic carbocycles. The van der Waals surface area contributed by atoms with Crippen LogP contribution in [0.2, 0.25) is 0 Å². The number of benzene rings is 1. The van der Waals surface area contributed by atoms with Crippen molar-refractivity contribution in [3.8, 4) is 0 Å². The van der Waals surface area contributed by atoms with E-state index in [-0.39, 0.29) is 10.6 Å². The minimum Gasteiger partial charge on any atom is -0.245 e. The fourth-order valence-corrected chi connectivity index (χ4v) is 2.91. The number of hydrogen-bond acceptors (Lipinski definition) is 2. The quantitative estimate of drug-likeness (QED) is 0.771. The first-order valence-corrected chi connectivity index (χ1v) is 6.76. The van der Waals surface area contributed by atoms with Gasteiger partial charge in [0.1, 0.15) is 5.82 Å². The Morgan fingerprint density at radius 1 is 1.44 bits per heavy atom. The van der Waals surface area contributed by atoms with Gasteiger partial charge in [0.15, 0.2) is 0 Å². The van der Waals surface area contributed by atoms with Crippen molar-refractivity contribution in [2.24, 2.45) is 0 Å². The number of halogens is 2. The Bertz CT molecular complexity index is 483. The summed E-state index contributed by atoms with van der Waals surface area (Å²) in [6.07, 6.45) is 0.621. The van der Waals surface area contributed by atoms with Crippen molar-refractivity contribution in [3.05, 3.63) is 51.7 Å². The molecule has 0 N–H and O–H groups in total. The van der Waals surface area contributed by atoms with Gasteiger partial charge in [-0.3, -0.25) is 0 Å². The third-order valence-corrected chi connectivity index (χ3v) is 3.90. The Hall–Kier alpha value is -0.740. The third kappa shape index (κ3) is 2.68. The number of aromatic nitrogens is 1. The van der Waals surface area contributed by atoms with Gasteiger partial charge in [-0.25, -0.2) is 9.37 Å². The average molecular weight is 300 g/mol. The number of hydrogen-bond donors (Lipinski definition) is 0. The van der Waals surface area contributed by atoms with Crippen LogP contribution in [0.4, 0.5) is 4.39 Å². The molecule has 1 nitrogen and oxygen atoms in total. The normalized spacial score (nSPS) is 12.7. The van der Waals surface area contributed by atoms with Crippen molar-refractivity contribution in [1.82, 2.24) is 4.98 Å². The van der Waals surface area contributed by atoms with E-state index in [1.165, 1.54) is 6.07 Å². The fourth-order valence-electron chi connectivity index (χ4n) is 1.49. The minimum atomic E-state index is -0.154. The van der Waals surface area contributed by atoms with Crippen molar-refractivity contribution in [2.75, 3.05) is 0 Å². The molecule has 0 amide bonds. The average Bonchev–Trinajstić information content (AvgIpc) is 2.68. The summed E-state index contributed by atoms with van der Waals surface area (Å²) in [5, 5.41) is 3.04. The summed E-state index contributed by atoms with van der Waals surface area (Å²) in [5.41, 5.74) is 1.70. The van der Waals surface area contributed by atoms with E-state index in [2.05, 4.69) is 20.9 Å². The molecule has 0 radical (unpaired) electrons. The number of nitrogens with zero attached hydrogens (tertiary/aromatic N) is 1. The lowest BCUT2D eigenvalue weighted by Crippen LogP contribution is -1.98. The second-order valence-electron chi connectivity index (χ2n) is 3.55. The molecule has 0 bridgehead atoms. The summed E-state index contributed by atoms with van der Waals surface area (Å²) in [5.74, 6) is -0.154. The molecule has 0 aliphatic heterocycles. The van der Waals surface area contributed by atoms with Gasteiger partial charge in [-0.05, 0) is 25.0 Å². The fraction of sp³-hybridized carbons (Fsp3) is 0.250. The molecule has 1 heterocycles. The Balaban J connectivity index is 2.13. The van der Waals surface area contributed by atoms with Crippen LogP contribution in [0.3, 0.4) is 0 Å². The number of rotatable bonds is 3. The molecular weight excluding hydrogens is 289 g/mol. The molecule has 0 aliphatic carbocycles. The highest BCUT2D eigenvalue weighted by Gasteiger charge is 2.13. The first-order chi connectivity index (χ1) is 7.66. The smallest absolute Gasteiger partial charge is 0.126 e. The number of aryl methyl sites for hydroxylation is 1. The molecule has 1 unspecified atom stereocenters. The lowest BCUT2D eigenvalue weighted by Gasteiger charge is -2.07. The number of thiazole rings is 1. The van der Waals surface area contributed by atoms with Gasteiger partial charge < -0.3 is 0 Å². The van der Waals surface area contributed by atoms with E-state index in [1.807, 2.05) is 24.4 Å². The molecule has 1 atom stereocenters. The maximum atomic E-state index is 13.4. The zero-order valence-electron chi connectivity index (χ0n) is 8.78. The lowest BCUT2D eigenvalue weighted by molar-refractivity contribution is 0.608. The second kappa shape index (κ2) is 5.06. The van der Waals surface area contributed by atoms with Crippen molar-refractivity contribution >= 4 is 27.3 Å². The molecule has 84 valence electrons. The second-order valence-corrected chi connectivity index (χ2v) is 5.72. The van der Waals surface area contributed by atoms with Crippen molar-refractivity contribution in [2.45, 2.75) is 18.2 Å². The zero-order valence-corrected chi connectivity index (χ0v) is 11.2. The van der Waals surface area contributed by atoms with Gasteiger partial charge in [0.2, 0.25) is 0 Å². The molecule has 2 aromatic rings. The maximum absolute atomic E-state index is 13.4. The predicted octanol–water partition coefficient (Wildman–Crippen LogP) is 4.27. The Morgan fingerprint density at radius 3 is 2.81 bits per heavy atom. The first-order valence-electron chi connectivity index (χ1n) is 4.96. The highest BCUT2D eigenvalue weighted by Crippen LogP contribution is 2.28. The third-order valence-electron chi connectivity index (χ3n) is 2.31. The van der Waals surface area contributed by atoms with Crippen LogP contribution in [0.1, 0.15) is 21.1 Å². The first kappa shape index (κ1) is 11.7. The van der Waals surface area contributed by atoms with Crippen molar-refractivity contribution < 1.29 is 4.39 Å². The summed E-state index contributed by atoms with van der Waals surface area (Å²) < 4.78 is 13.4. The van der Waals surface area contributed by atoms with Crippen LogP contribution in [0.25, 0.3) is 0 Å². The van der Waals surface area contributed by atoms with Gasteiger partial charge >= 0.3 is 0 Å². The molecule has 0 saturated heterocycles. The molecule has 0 fully saturated rings. The van der Waals surface area contributed by atoms with Crippen LogP contribution in [0.15, 0.2) is 29.6 Å². The van der Waals surface area contributed by atoms with Gasteiger partial charge in [0, 0.05) is 5.38 Å². The monoisotopic (exact) mass is 299 g/mol. The summed E-state index contributed by atoms with van der Waals surface area (Å²) in [4.78, 5) is 4.46. The van der Waals surface area contributed by atoms with Gasteiger partial charge in [0.05, 0.1) is 15.5 Å². The largest absolute Gasteiger partial charge is 0.245 e. The summed E-state index contributed by atoms with van der Waals surface area (Å²) in [6.45, 7) is 1.97. The number of alkyl halides is 1. The Kier molecular flexibility index (Phi) is 3.71. The molecule has 0 saturated carbocycles. The van der Waals surface area contributed by atoms with E-state index >= 15 is 0 Å². The SMILES string of the molecule is Cc1nc(C(Br)Cc2ccccc2F)cs1. The maximum Gasteiger partial charge on any atom is 0.126 e. The van der Waals surface area contributed by atoms with E-state index in [0.29, 0.717) is 6.42 Å². The van der Waals surface area contributed by atoms with Crippen LogP contribution in [-0.4, -0.2) is 4.98 Å². The molecule has 0 aliphatic rings. The Labute approximate surface area is 106 Å². The van der Waals surface area contributed by atoms with Crippen LogP contribution in [0.5, 0.6) is 0 Å². The van der Waals surface area contributed by atoms with Crippen LogP contribution >= 0.6 is 27.3 Å². The van der Waals surface area contributed by atoms with Crippen molar-refractivity contribution in [1.29, 1.82) is 0 Å². The van der Waals surface area contributed by atoms with Gasteiger partial charge in [-0.2, -0.15) is 0 Å². The van der Waals surface area contributed by atoms with E-state index < -0.39 is 0 Å². The topological polar surface area (TPSA) is 12.9 Å². The van der Waals surface area contributed by atoms with E-state index in [9.17, 15) is 4.39 Å². The van der Waals surface area contributed by atoms with Gasteiger partial charge in [-0.1, -0.05) is 34.1 Å². The van der Waals surface area contributed by atoms with Crippen LogP contribution in [-0.2, 0) is 6.42 Å². The van der Waals surface area contributed by atoms with E-state index in [0.717, 1.165) is 16.3 Å². The zero-order chi connectivity index (χ0) is 11.5. The van der Waals surface area contributed by atoms with Crippen LogP contribution in [0, 0.1) is 12.7 Å². The minimum absolute atomic E-state index is 0.0781.